The lowest BCUT2D eigenvalue weighted by atomic mass is 10.0. The average Bonchev–Trinajstić information content (AvgIpc) is 3.70. The monoisotopic (exact) mass is 674 g/mol. The van der Waals surface area contributed by atoms with Crippen molar-refractivity contribution in [2.24, 2.45) is 0 Å². The summed E-state index contributed by atoms with van der Waals surface area (Å²) in [6.07, 6.45) is 3.60. The third kappa shape index (κ3) is 4.67. The zero-order valence-electron chi connectivity index (χ0n) is 27.0. The molecule has 10 aromatic rings. The van der Waals surface area contributed by atoms with E-state index in [1.165, 1.54) is 11.7 Å². The smallest absolute Gasteiger partial charge is 0.133 e. The van der Waals surface area contributed by atoms with Crippen LogP contribution in [0.1, 0.15) is 0 Å². The Balaban J connectivity index is 1.45. The van der Waals surface area contributed by atoms with Crippen LogP contribution in [0.2, 0.25) is 0 Å². The molecule has 10 rings (SSSR count). The molecule has 4 heterocycles. The first kappa shape index (κ1) is 29.1. The highest BCUT2D eigenvalue weighted by molar-refractivity contribution is 7.00. The highest BCUT2D eigenvalue weighted by Crippen LogP contribution is 2.50. The minimum atomic E-state index is 0.690. The van der Waals surface area contributed by atoms with E-state index in [9.17, 15) is 0 Å². The minimum Gasteiger partial charge on any atom is -0.306 e. The average molecular weight is 675 g/mol. The number of benzene rings is 6. The van der Waals surface area contributed by atoms with E-state index in [1.54, 1.807) is 12.4 Å². The van der Waals surface area contributed by atoms with Gasteiger partial charge in [-0.2, -0.15) is 8.75 Å². The maximum Gasteiger partial charge on any atom is 0.133 e. The van der Waals surface area contributed by atoms with E-state index >= 15 is 0 Å². The molecule has 0 fully saturated rings. The fourth-order valence-electron chi connectivity index (χ4n) is 6.98. The maximum absolute atomic E-state index is 5.63. The first-order valence-corrected chi connectivity index (χ1v) is 17.3. The van der Waals surface area contributed by atoms with Gasteiger partial charge in [-0.05, 0) is 72.8 Å². The maximum atomic E-state index is 5.63. The van der Waals surface area contributed by atoms with Crippen molar-refractivity contribution < 1.29 is 0 Å². The van der Waals surface area contributed by atoms with Crippen LogP contribution in [0.5, 0.6) is 0 Å². The Labute approximate surface area is 296 Å². The predicted octanol–water partition coefficient (Wildman–Crippen LogP) is 10.8. The van der Waals surface area contributed by atoms with Crippen molar-refractivity contribution in [1.29, 1.82) is 0 Å². The molecule has 240 valence electrons. The lowest BCUT2D eigenvalue weighted by molar-refractivity contribution is 1.26. The number of fused-ring (bicyclic) bond motifs is 8. The van der Waals surface area contributed by atoms with E-state index in [0.29, 0.717) is 11.0 Å². The van der Waals surface area contributed by atoms with Crippen molar-refractivity contribution >= 4 is 101 Å². The van der Waals surface area contributed by atoms with Gasteiger partial charge in [0.25, 0.3) is 0 Å². The van der Waals surface area contributed by atoms with Crippen LogP contribution in [-0.4, -0.2) is 28.7 Å². The molecule has 0 amide bonds. The Morgan fingerprint density at radius 2 is 0.686 bits per heavy atom. The number of hydrogen-bond acceptors (Lipinski definition) is 9. The van der Waals surface area contributed by atoms with Crippen molar-refractivity contribution in [1.82, 2.24) is 28.7 Å². The molecule has 0 saturated carbocycles. The van der Waals surface area contributed by atoms with Gasteiger partial charge < -0.3 is 9.80 Å². The summed E-state index contributed by atoms with van der Waals surface area (Å²) in [6.45, 7) is 0. The molecule has 0 spiro atoms. The summed E-state index contributed by atoms with van der Waals surface area (Å²) < 4.78 is 10.1. The van der Waals surface area contributed by atoms with Crippen LogP contribution < -0.4 is 9.80 Å². The Hall–Kier alpha value is -6.84. The van der Waals surface area contributed by atoms with E-state index in [0.717, 1.165) is 78.0 Å². The van der Waals surface area contributed by atoms with Crippen molar-refractivity contribution in [3.63, 3.8) is 0 Å². The van der Waals surface area contributed by atoms with Gasteiger partial charge in [0.2, 0.25) is 0 Å². The lowest BCUT2D eigenvalue weighted by Gasteiger charge is -2.30. The molecule has 0 radical (unpaired) electrons. The second-order valence-corrected chi connectivity index (χ2v) is 12.6. The third-order valence-corrected chi connectivity index (χ3v) is 9.66. The van der Waals surface area contributed by atoms with Crippen LogP contribution in [0.4, 0.5) is 34.1 Å². The Bertz CT molecular complexity index is 2590. The largest absolute Gasteiger partial charge is 0.306 e. The van der Waals surface area contributed by atoms with Crippen molar-refractivity contribution in [2.75, 3.05) is 9.80 Å². The molecule has 0 bridgehead atoms. The number of aromatic nitrogens is 6. The number of pyridine rings is 2. The summed E-state index contributed by atoms with van der Waals surface area (Å²) in [4.78, 5) is 25.3. The summed E-state index contributed by atoms with van der Waals surface area (Å²) in [6, 6.07) is 49.3. The van der Waals surface area contributed by atoms with E-state index in [4.69, 9.17) is 28.7 Å². The van der Waals surface area contributed by atoms with E-state index < -0.39 is 0 Å². The van der Waals surface area contributed by atoms with Gasteiger partial charge in [0, 0.05) is 45.9 Å². The number of nitrogens with zero attached hydrogens (tertiary/aromatic N) is 8. The molecule has 0 unspecified atom stereocenters. The molecule has 0 N–H and O–H groups in total. The first-order valence-electron chi connectivity index (χ1n) is 16.6. The first-order chi connectivity index (χ1) is 25.3. The molecule has 0 atom stereocenters. The van der Waals surface area contributed by atoms with Gasteiger partial charge in [-0.15, -0.1) is 0 Å². The molecule has 4 aromatic heterocycles. The number of anilines is 6. The molecular formula is C42H26N8S. The third-order valence-electron chi connectivity index (χ3n) is 9.14. The second-order valence-electron chi connectivity index (χ2n) is 12.1. The number of para-hydroxylation sites is 4. The fraction of sp³-hybridized carbons (Fsp3) is 0. The Kier molecular flexibility index (Phi) is 6.81. The molecule has 0 aliphatic heterocycles. The zero-order valence-corrected chi connectivity index (χ0v) is 27.8. The van der Waals surface area contributed by atoms with E-state index in [2.05, 4.69) is 70.5 Å². The molecule has 0 saturated heterocycles. The Morgan fingerprint density at radius 1 is 0.333 bits per heavy atom. The standard InChI is InChI=1S/C42H26N8S/c1-5-15-27(16-6-1)49(28-17-7-2-8-18-28)41-37-38(46-36-32-24-14-26-44-34(32)33-31(35(36)45-37)23-13-25-43-33)42(40-39(41)47-51-48-40)50(29-19-9-3-10-20-29)30-21-11-4-12-22-30/h1-26H. The van der Waals surface area contributed by atoms with E-state index in [1.807, 2.05) is 84.9 Å². The molecule has 6 aromatic carbocycles. The summed E-state index contributed by atoms with van der Waals surface area (Å²) in [5.74, 6) is 0. The van der Waals surface area contributed by atoms with Crippen LogP contribution in [0.25, 0.3) is 54.9 Å². The van der Waals surface area contributed by atoms with E-state index in [-0.39, 0.29) is 0 Å². The van der Waals surface area contributed by atoms with Gasteiger partial charge in [0.05, 0.1) is 33.8 Å². The summed E-state index contributed by atoms with van der Waals surface area (Å²) in [5, 5.41) is 1.76. The van der Waals surface area contributed by atoms with Gasteiger partial charge in [0.15, 0.2) is 0 Å². The molecule has 0 aliphatic carbocycles. The zero-order chi connectivity index (χ0) is 33.7. The van der Waals surface area contributed by atoms with Crippen molar-refractivity contribution in [3.8, 4) is 0 Å². The molecule has 0 aliphatic rings. The van der Waals surface area contributed by atoms with Gasteiger partial charge in [-0.1, -0.05) is 72.8 Å². The topological polar surface area (TPSA) is 83.8 Å². The van der Waals surface area contributed by atoms with Crippen LogP contribution in [0.15, 0.2) is 158 Å². The lowest BCUT2D eigenvalue weighted by Crippen LogP contribution is -2.15. The van der Waals surface area contributed by atoms with Crippen LogP contribution in [-0.2, 0) is 0 Å². The molecular weight excluding hydrogens is 649 g/mol. The second kappa shape index (κ2) is 11.9. The Morgan fingerprint density at radius 3 is 1.04 bits per heavy atom. The summed E-state index contributed by atoms with van der Waals surface area (Å²) in [5.41, 5.74) is 11.3. The normalized spacial score (nSPS) is 11.5. The molecule has 51 heavy (non-hydrogen) atoms. The summed E-state index contributed by atoms with van der Waals surface area (Å²) >= 11 is 1.19. The van der Waals surface area contributed by atoms with Crippen LogP contribution in [0, 0.1) is 0 Å². The van der Waals surface area contributed by atoms with Gasteiger partial charge in [-0.3, -0.25) is 9.97 Å². The van der Waals surface area contributed by atoms with Gasteiger partial charge >= 0.3 is 0 Å². The van der Waals surface area contributed by atoms with Crippen LogP contribution in [0.3, 0.4) is 0 Å². The summed E-state index contributed by atoms with van der Waals surface area (Å²) in [7, 11) is 0. The van der Waals surface area contributed by atoms with Crippen molar-refractivity contribution in [2.45, 2.75) is 0 Å². The quantitative estimate of drug-likeness (QED) is 0.0979. The predicted molar refractivity (Wildman–Crippen MR) is 208 cm³/mol. The van der Waals surface area contributed by atoms with Gasteiger partial charge in [-0.25, -0.2) is 9.97 Å². The van der Waals surface area contributed by atoms with Gasteiger partial charge in [0.1, 0.15) is 33.4 Å². The number of hydrogen-bond donors (Lipinski definition) is 0. The molecule has 9 heteroatoms. The van der Waals surface area contributed by atoms with Crippen molar-refractivity contribution in [3.05, 3.63) is 158 Å². The highest BCUT2D eigenvalue weighted by atomic mass is 32.1. The number of rotatable bonds is 6. The fourth-order valence-corrected chi connectivity index (χ4v) is 7.53. The molecule has 8 nitrogen and oxygen atoms in total. The highest BCUT2D eigenvalue weighted by Gasteiger charge is 2.30. The minimum absolute atomic E-state index is 0.690. The van der Waals surface area contributed by atoms with Crippen LogP contribution >= 0.6 is 11.7 Å². The SMILES string of the molecule is c1ccc(N(c2ccccc2)c2c3nsnc3c(N(c3ccccc3)c3ccccc3)c3nc4c5cccnc5c5ncccc5c4nc23)cc1.